The lowest BCUT2D eigenvalue weighted by Gasteiger charge is -2.10. The van der Waals surface area contributed by atoms with Crippen LogP contribution in [0.3, 0.4) is 0 Å². The van der Waals surface area contributed by atoms with E-state index >= 15 is 0 Å². The van der Waals surface area contributed by atoms with Gasteiger partial charge in [-0.25, -0.2) is 0 Å². The van der Waals surface area contributed by atoms with Crippen LogP contribution in [-0.4, -0.2) is 11.2 Å². The summed E-state index contributed by atoms with van der Waals surface area (Å²) in [7, 11) is 0. The Kier molecular flexibility index (Phi) is 1.90. The Labute approximate surface area is 50.7 Å². The average Bonchev–Trinajstić information content (AvgIpc) is 2.12. The maximum Gasteiger partial charge on any atom is 0.0540 e. The van der Waals surface area contributed by atoms with Gasteiger partial charge in [0.15, 0.2) is 0 Å². The smallest absolute Gasteiger partial charge is 0.0540 e. The second-order valence-electron chi connectivity index (χ2n) is 2.79. The zero-order valence-corrected chi connectivity index (χ0v) is 5.43. The summed E-state index contributed by atoms with van der Waals surface area (Å²) in [5, 5.41) is 9.05. The summed E-state index contributed by atoms with van der Waals surface area (Å²) < 4.78 is 0. The summed E-state index contributed by atoms with van der Waals surface area (Å²) in [6.07, 6.45) is 5.10. The van der Waals surface area contributed by atoms with Gasteiger partial charge in [-0.05, 0) is 25.7 Å². The van der Waals surface area contributed by atoms with E-state index in [1.165, 1.54) is 25.7 Å². The molecule has 0 saturated heterocycles. The van der Waals surface area contributed by atoms with Crippen LogP contribution in [0.1, 0.15) is 32.6 Å². The molecule has 0 amide bonds. The van der Waals surface area contributed by atoms with Crippen LogP contribution in [0.15, 0.2) is 0 Å². The highest BCUT2D eigenvalue weighted by Gasteiger charge is 2.18. The number of hydrogen-bond donors (Lipinski definition) is 1. The van der Waals surface area contributed by atoms with Gasteiger partial charge in [0.05, 0.1) is 6.10 Å². The van der Waals surface area contributed by atoms with E-state index < -0.39 is 0 Å². The molecule has 1 nitrogen and oxygen atoms in total. The Hall–Kier alpha value is -0.0400. The Morgan fingerprint density at radius 3 is 2.12 bits per heavy atom. The molecule has 1 heteroatoms. The maximum atomic E-state index is 9.05. The summed E-state index contributed by atoms with van der Waals surface area (Å²) in [4.78, 5) is 0. The van der Waals surface area contributed by atoms with Gasteiger partial charge in [0, 0.05) is 0 Å². The Morgan fingerprint density at radius 2 is 1.88 bits per heavy atom. The van der Waals surface area contributed by atoms with Gasteiger partial charge in [-0.3, -0.25) is 0 Å². The van der Waals surface area contributed by atoms with Crippen LogP contribution in [0.4, 0.5) is 0 Å². The summed E-state index contributed by atoms with van der Waals surface area (Å²) >= 11 is 0. The van der Waals surface area contributed by atoms with E-state index in [1.54, 1.807) is 0 Å². The minimum atomic E-state index is -0.0579. The van der Waals surface area contributed by atoms with Gasteiger partial charge < -0.3 is 5.11 Å². The Bertz CT molecular complexity index is 62.8. The molecule has 0 aromatic heterocycles. The van der Waals surface area contributed by atoms with E-state index in [0.29, 0.717) is 5.92 Å². The molecule has 0 heterocycles. The minimum absolute atomic E-state index is 0.0579. The molecular weight excluding hydrogens is 100 g/mol. The molecule has 1 saturated carbocycles. The standard InChI is InChI=1S/C7H14O/c1-6(8)7-4-2-3-5-7/h6-8H,2-5H2,1H3/t6-/m1/s1. The molecule has 1 fully saturated rings. The molecule has 1 aliphatic rings. The van der Waals surface area contributed by atoms with Crippen molar-refractivity contribution < 1.29 is 5.11 Å². The van der Waals surface area contributed by atoms with Gasteiger partial charge in [-0.1, -0.05) is 12.8 Å². The normalized spacial score (nSPS) is 26.2. The zero-order valence-electron chi connectivity index (χ0n) is 5.43. The van der Waals surface area contributed by atoms with Crippen molar-refractivity contribution in [3.8, 4) is 0 Å². The van der Waals surface area contributed by atoms with Gasteiger partial charge in [0.2, 0.25) is 0 Å². The second-order valence-corrected chi connectivity index (χ2v) is 2.79. The van der Waals surface area contributed by atoms with Crippen LogP contribution in [-0.2, 0) is 0 Å². The van der Waals surface area contributed by atoms with Crippen molar-refractivity contribution >= 4 is 0 Å². The van der Waals surface area contributed by atoms with E-state index in [0.717, 1.165) is 0 Å². The van der Waals surface area contributed by atoms with Crippen LogP contribution >= 0.6 is 0 Å². The van der Waals surface area contributed by atoms with Crippen LogP contribution in [0.25, 0.3) is 0 Å². The van der Waals surface area contributed by atoms with E-state index in [-0.39, 0.29) is 6.10 Å². The first kappa shape index (κ1) is 6.09. The predicted molar refractivity (Wildman–Crippen MR) is 33.6 cm³/mol. The third-order valence-corrected chi connectivity index (χ3v) is 2.08. The third-order valence-electron chi connectivity index (χ3n) is 2.08. The molecule has 1 N–H and O–H groups in total. The molecule has 0 bridgehead atoms. The van der Waals surface area contributed by atoms with E-state index in [1.807, 2.05) is 6.92 Å². The fourth-order valence-electron chi connectivity index (χ4n) is 1.44. The fraction of sp³-hybridized carbons (Fsp3) is 1.00. The lowest BCUT2D eigenvalue weighted by atomic mass is 10.0. The largest absolute Gasteiger partial charge is 0.393 e. The SMILES string of the molecule is C[C@@H](O)C1CCCC1. The van der Waals surface area contributed by atoms with Crippen LogP contribution in [0.5, 0.6) is 0 Å². The maximum absolute atomic E-state index is 9.05. The van der Waals surface area contributed by atoms with Crippen molar-refractivity contribution in [3.05, 3.63) is 0 Å². The minimum Gasteiger partial charge on any atom is -0.393 e. The molecule has 1 rings (SSSR count). The number of rotatable bonds is 1. The van der Waals surface area contributed by atoms with Gasteiger partial charge in [0.1, 0.15) is 0 Å². The van der Waals surface area contributed by atoms with Crippen molar-refractivity contribution in [1.29, 1.82) is 0 Å². The summed E-state index contributed by atoms with van der Waals surface area (Å²) in [5.74, 6) is 0.620. The first-order valence-electron chi connectivity index (χ1n) is 3.49. The van der Waals surface area contributed by atoms with Crippen LogP contribution < -0.4 is 0 Å². The molecule has 0 aromatic carbocycles. The summed E-state index contributed by atoms with van der Waals surface area (Å²) in [6, 6.07) is 0. The van der Waals surface area contributed by atoms with Crippen molar-refractivity contribution in [2.45, 2.75) is 38.7 Å². The molecule has 1 atom stereocenters. The first-order chi connectivity index (χ1) is 3.80. The number of aliphatic hydroxyl groups is 1. The topological polar surface area (TPSA) is 20.2 Å². The summed E-state index contributed by atoms with van der Waals surface area (Å²) in [5.41, 5.74) is 0. The van der Waals surface area contributed by atoms with Crippen LogP contribution in [0.2, 0.25) is 0 Å². The third kappa shape index (κ3) is 1.22. The van der Waals surface area contributed by atoms with Gasteiger partial charge in [-0.15, -0.1) is 0 Å². The van der Waals surface area contributed by atoms with Gasteiger partial charge >= 0.3 is 0 Å². The van der Waals surface area contributed by atoms with Crippen molar-refractivity contribution in [3.63, 3.8) is 0 Å². The highest BCUT2D eigenvalue weighted by molar-refractivity contribution is 4.70. The van der Waals surface area contributed by atoms with Crippen molar-refractivity contribution in [2.75, 3.05) is 0 Å². The molecule has 0 unspecified atom stereocenters. The average molecular weight is 114 g/mol. The molecule has 0 aliphatic heterocycles. The molecular formula is C7H14O. The Balaban J connectivity index is 2.24. The molecule has 8 heavy (non-hydrogen) atoms. The number of aliphatic hydroxyl groups excluding tert-OH is 1. The van der Waals surface area contributed by atoms with Crippen LogP contribution in [0, 0.1) is 5.92 Å². The lowest BCUT2D eigenvalue weighted by Crippen LogP contribution is -2.11. The molecule has 1 aliphatic carbocycles. The van der Waals surface area contributed by atoms with Crippen molar-refractivity contribution in [1.82, 2.24) is 0 Å². The predicted octanol–water partition coefficient (Wildman–Crippen LogP) is 1.56. The van der Waals surface area contributed by atoms with Gasteiger partial charge in [-0.2, -0.15) is 0 Å². The first-order valence-corrected chi connectivity index (χ1v) is 3.49. The fourth-order valence-corrected chi connectivity index (χ4v) is 1.44. The van der Waals surface area contributed by atoms with Crippen molar-refractivity contribution in [2.24, 2.45) is 5.92 Å². The highest BCUT2D eigenvalue weighted by Crippen LogP contribution is 2.26. The molecule has 48 valence electrons. The lowest BCUT2D eigenvalue weighted by molar-refractivity contribution is 0.129. The van der Waals surface area contributed by atoms with Gasteiger partial charge in [0.25, 0.3) is 0 Å². The molecule has 0 aromatic rings. The molecule has 0 spiro atoms. The highest BCUT2D eigenvalue weighted by atomic mass is 16.3. The quantitative estimate of drug-likeness (QED) is 0.548. The summed E-state index contributed by atoms with van der Waals surface area (Å²) in [6.45, 7) is 1.90. The molecule has 0 radical (unpaired) electrons. The van der Waals surface area contributed by atoms with E-state index in [2.05, 4.69) is 0 Å². The van der Waals surface area contributed by atoms with E-state index in [9.17, 15) is 0 Å². The van der Waals surface area contributed by atoms with E-state index in [4.69, 9.17) is 5.11 Å². The Morgan fingerprint density at radius 1 is 1.38 bits per heavy atom. The monoisotopic (exact) mass is 114 g/mol. The zero-order chi connectivity index (χ0) is 5.98. The number of hydrogen-bond acceptors (Lipinski definition) is 1. The second kappa shape index (κ2) is 2.49.